The van der Waals surface area contributed by atoms with Gasteiger partial charge in [0.25, 0.3) is 0 Å². The van der Waals surface area contributed by atoms with E-state index in [1.165, 1.54) is 11.1 Å². The molecule has 2 aromatic rings. The van der Waals surface area contributed by atoms with Crippen molar-refractivity contribution in [2.24, 2.45) is 5.73 Å². The highest BCUT2D eigenvalue weighted by Gasteiger charge is 2.08. The number of benzene rings is 2. The third-order valence-electron chi connectivity index (χ3n) is 3.53. The number of nitrogens with two attached hydrogens (primary N) is 1. The van der Waals surface area contributed by atoms with E-state index < -0.39 is 0 Å². The highest BCUT2D eigenvalue weighted by molar-refractivity contribution is 6.30. The number of aryl methyl sites for hydroxylation is 1. The largest absolute Gasteiger partial charge is 0.370 e. The molecule has 0 spiro atoms. The molecule has 0 heterocycles. The van der Waals surface area contributed by atoms with E-state index >= 15 is 0 Å². The van der Waals surface area contributed by atoms with Crippen LogP contribution in [0.15, 0.2) is 42.5 Å². The Kier molecular flexibility index (Phi) is 5.05. The highest BCUT2D eigenvalue weighted by atomic mass is 35.5. The molecular weight excluding hydrogens is 268 g/mol. The minimum Gasteiger partial charge on any atom is -0.370 e. The van der Waals surface area contributed by atoms with Crippen molar-refractivity contribution >= 4 is 17.3 Å². The lowest BCUT2D eigenvalue weighted by Crippen LogP contribution is -2.19. The summed E-state index contributed by atoms with van der Waals surface area (Å²) in [6, 6.07) is 14.6. The molecule has 0 unspecified atom stereocenters. The molecule has 0 radical (unpaired) electrons. The molecule has 0 fully saturated rings. The molecule has 0 saturated heterocycles. The van der Waals surface area contributed by atoms with Gasteiger partial charge in [-0.3, -0.25) is 0 Å². The molecule has 0 aliphatic carbocycles. The maximum atomic E-state index is 6.09. The fourth-order valence-electron chi connectivity index (χ4n) is 2.30. The number of hydrogen-bond donors (Lipinski definition) is 1. The van der Waals surface area contributed by atoms with E-state index in [0.29, 0.717) is 6.54 Å². The maximum Gasteiger partial charge on any atom is 0.0427 e. The lowest BCUT2D eigenvalue weighted by atomic mass is 10.1. The summed E-state index contributed by atoms with van der Waals surface area (Å²) in [5.74, 6) is 0. The summed E-state index contributed by atoms with van der Waals surface area (Å²) < 4.78 is 0. The van der Waals surface area contributed by atoms with E-state index in [1.807, 2.05) is 18.2 Å². The Bertz CT molecular complexity index is 564. The normalized spacial score (nSPS) is 10.6. The first kappa shape index (κ1) is 14.9. The Labute approximate surface area is 126 Å². The summed E-state index contributed by atoms with van der Waals surface area (Å²) in [7, 11) is 2.07. The number of hydrogen-bond acceptors (Lipinski definition) is 2. The molecule has 2 aromatic carbocycles. The molecule has 0 aliphatic rings. The third-order valence-corrected chi connectivity index (χ3v) is 3.76. The highest BCUT2D eigenvalue weighted by Crippen LogP contribution is 2.25. The molecule has 0 aromatic heterocycles. The van der Waals surface area contributed by atoms with E-state index in [0.717, 1.165) is 29.2 Å². The minimum atomic E-state index is 0.519. The predicted molar refractivity (Wildman–Crippen MR) is 87.3 cm³/mol. The molecule has 0 saturated carbocycles. The fourth-order valence-corrected chi connectivity index (χ4v) is 2.47. The number of halogens is 1. The van der Waals surface area contributed by atoms with Gasteiger partial charge >= 0.3 is 0 Å². The van der Waals surface area contributed by atoms with Crippen LogP contribution in [0.4, 0.5) is 5.69 Å². The van der Waals surface area contributed by atoms with Gasteiger partial charge in [-0.2, -0.15) is 0 Å². The van der Waals surface area contributed by atoms with Crippen LogP contribution < -0.4 is 10.6 Å². The molecule has 0 bridgehead atoms. The van der Waals surface area contributed by atoms with Gasteiger partial charge in [0.15, 0.2) is 0 Å². The molecule has 0 amide bonds. The van der Waals surface area contributed by atoms with E-state index in [4.69, 9.17) is 17.3 Å². The van der Waals surface area contributed by atoms with Gasteiger partial charge in [0, 0.05) is 30.8 Å². The molecule has 0 aliphatic heterocycles. The first-order valence-electron chi connectivity index (χ1n) is 6.91. The summed E-state index contributed by atoms with van der Waals surface area (Å²) in [4.78, 5) is 2.19. The van der Waals surface area contributed by atoms with Gasteiger partial charge in [-0.25, -0.2) is 0 Å². The summed E-state index contributed by atoms with van der Waals surface area (Å²) in [5.41, 5.74) is 10.7. The van der Waals surface area contributed by atoms with Crippen LogP contribution in [0.3, 0.4) is 0 Å². The van der Waals surface area contributed by atoms with Crippen molar-refractivity contribution in [3.05, 3.63) is 64.2 Å². The lowest BCUT2D eigenvalue weighted by Gasteiger charge is -2.22. The van der Waals surface area contributed by atoms with Gasteiger partial charge in [0.1, 0.15) is 0 Å². The van der Waals surface area contributed by atoms with Crippen LogP contribution in [0.2, 0.25) is 5.02 Å². The number of nitrogens with zero attached hydrogens (tertiary/aromatic N) is 1. The second-order valence-electron chi connectivity index (χ2n) is 5.00. The Morgan fingerprint density at radius 3 is 2.30 bits per heavy atom. The van der Waals surface area contributed by atoms with Gasteiger partial charge in [-0.1, -0.05) is 48.9 Å². The minimum absolute atomic E-state index is 0.519. The predicted octanol–water partition coefficient (Wildman–Crippen LogP) is 4.00. The molecule has 3 heteroatoms. The van der Waals surface area contributed by atoms with Crippen molar-refractivity contribution in [3.8, 4) is 0 Å². The molecule has 2 rings (SSSR count). The van der Waals surface area contributed by atoms with Crippen LogP contribution in [-0.2, 0) is 19.5 Å². The second kappa shape index (κ2) is 6.78. The van der Waals surface area contributed by atoms with Crippen molar-refractivity contribution in [2.75, 3.05) is 11.9 Å². The van der Waals surface area contributed by atoms with Gasteiger partial charge in [-0.15, -0.1) is 0 Å². The zero-order valence-corrected chi connectivity index (χ0v) is 12.8. The van der Waals surface area contributed by atoms with Crippen molar-refractivity contribution in [3.63, 3.8) is 0 Å². The molecule has 2 N–H and O–H groups in total. The van der Waals surface area contributed by atoms with E-state index in [-0.39, 0.29) is 0 Å². The average molecular weight is 289 g/mol. The van der Waals surface area contributed by atoms with E-state index in [2.05, 4.69) is 43.1 Å². The Morgan fingerprint density at radius 1 is 1.05 bits per heavy atom. The lowest BCUT2D eigenvalue weighted by molar-refractivity contribution is 0.902. The van der Waals surface area contributed by atoms with Gasteiger partial charge in [0.05, 0.1) is 0 Å². The summed E-state index contributed by atoms with van der Waals surface area (Å²) in [5, 5.41) is 0.741. The van der Waals surface area contributed by atoms with E-state index in [1.54, 1.807) is 0 Å². The first-order valence-corrected chi connectivity index (χ1v) is 7.29. The summed E-state index contributed by atoms with van der Waals surface area (Å²) >= 11 is 6.09. The van der Waals surface area contributed by atoms with Crippen LogP contribution in [0.5, 0.6) is 0 Å². The van der Waals surface area contributed by atoms with Crippen molar-refractivity contribution < 1.29 is 0 Å². The zero-order valence-electron chi connectivity index (χ0n) is 12.1. The smallest absolute Gasteiger partial charge is 0.0427 e. The van der Waals surface area contributed by atoms with E-state index in [9.17, 15) is 0 Å². The fraction of sp³-hybridized carbons (Fsp3) is 0.294. The second-order valence-corrected chi connectivity index (χ2v) is 5.44. The quantitative estimate of drug-likeness (QED) is 0.901. The monoisotopic (exact) mass is 288 g/mol. The van der Waals surface area contributed by atoms with Crippen LogP contribution in [0.25, 0.3) is 0 Å². The average Bonchev–Trinajstić information content (AvgIpc) is 2.48. The van der Waals surface area contributed by atoms with Gasteiger partial charge < -0.3 is 10.6 Å². The standard InChI is InChI=1S/C17H21ClN2/c1-3-13-4-6-14(7-5-13)12-20(2)17-10-16(18)9-8-15(17)11-19/h4-10H,3,11-12,19H2,1-2H3. The molecule has 0 atom stereocenters. The Morgan fingerprint density at radius 2 is 1.70 bits per heavy atom. The van der Waals surface area contributed by atoms with Crippen molar-refractivity contribution in [2.45, 2.75) is 26.4 Å². The first-order chi connectivity index (χ1) is 9.63. The number of rotatable bonds is 5. The molecule has 106 valence electrons. The van der Waals surface area contributed by atoms with Gasteiger partial charge in [0.2, 0.25) is 0 Å². The topological polar surface area (TPSA) is 29.3 Å². The van der Waals surface area contributed by atoms with Crippen LogP contribution >= 0.6 is 11.6 Å². The zero-order chi connectivity index (χ0) is 14.5. The summed E-state index contributed by atoms with van der Waals surface area (Å²) in [6.07, 6.45) is 1.07. The maximum absolute atomic E-state index is 6.09. The molecular formula is C17H21ClN2. The Balaban J connectivity index is 2.18. The van der Waals surface area contributed by atoms with Crippen LogP contribution in [-0.4, -0.2) is 7.05 Å². The molecule has 2 nitrogen and oxygen atoms in total. The SMILES string of the molecule is CCc1ccc(CN(C)c2cc(Cl)ccc2CN)cc1. The van der Waals surface area contributed by atoms with Crippen LogP contribution in [0, 0.1) is 0 Å². The molecule has 20 heavy (non-hydrogen) atoms. The summed E-state index contributed by atoms with van der Waals surface area (Å²) in [6.45, 7) is 3.53. The van der Waals surface area contributed by atoms with Gasteiger partial charge in [-0.05, 0) is 35.2 Å². The van der Waals surface area contributed by atoms with Crippen LogP contribution in [0.1, 0.15) is 23.6 Å². The Hall–Kier alpha value is -1.51. The number of anilines is 1. The third kappa shape index (κ3) is 3.53. The van der Waals surface area contributed by atoms with Crippen molar-refractivity contribution in [1.82, 2.24) is 0 Å². The van der Waals surface area contributed by atoms with Crippen molar-refractivity contribution in [1.29, 1.82) is 0 Å².